The molecule has 78 valence electrons. The lowest BCUT2D eigenvalue weighted by Gasteiger charge is -1.99. The van der Waals surface area contributed by atoms with Gasteiger partial charge in [0.25, 0.3) is 0 Å². The molecule has 0 aromatic carbocycles. The van der Waals surface area contributed by atoms with E-state index in [9.17, 15) is 0 Å². The Labute approximate surface area is 82.6 Å². The Morgan fingerprint density at radius 1 is 0.923 bits per heavy atom. The van der Waals surface area contributed by atoms with Gasteiger partial charge in [0.15, 0.2) is 0 Å². The Morgan fingerprint density at radius 3 is 2.00 bits per heavy atom. The van der Waals surface area contributed by atoms with Crippen LogP contribution in [0, 0.1) is 0 Å². The van der Waals surface area contributed by atoms with Gasteiger partial charge < -0.3 is 5.84 Å². The number of rotatable bonds is 9. The molecule has 0 unspecified atom stereocenters. The second kappa shape index (κ2) is 11.5. The van der Waals surface area contributed by atoms with Gasteiger partial charge in [-0.05, 0) is 12.8 Å². The van der Waals surface area contributed by atoms with Crippen molar-refractivity contribution < 1.29 is 0 Å². The molecule has 0 radical (unpaired) electrons. The summed E-state index contributed by atoms with van der Waals surface area (Å²) < 4.78 is 0. The molecule has 0 spiro atoms. The fourth-order valence-corrected chi connectivity index (χ4v) is 1.44. The van der Waals surface area contributed by atoms with Crippen molar-refractivity contribution in [2.75, 3.05) is 0 Å². The first-order valence-electron chi connectivity index (χ1n) is 5.63. The third-order valence-corrected chi connectivity index (χ3v) is 2.29. The molecule has 0 heterocycles. The molecule has 13 heavy (non-hydrogen) atoms. The maximum Gasteiger partial charge on any atom is 0.0240 e. The Kier molecular flexibility index (Phi) is 11.0. The Morgan fingerprint density at radius 2 is 1.46 bits per heavy atom. The van der Waals surface area contributed by atoms with Crippen molar-refractivity contribution in [2.24, 2.45) is 10.9 Å². The minimum Gasteiger partial charge on any atom is -0.324 e. The number of nitrogens with zero attached hydrogens (tertiary/aromatic N) is 1. The van der Waals surface area contributed by atoms with Gasteiger partial charge in [0.1, 0.15) is 0 Å². The van der Waals surface area contributed by atoms with Crippen molar-refractivity contribution in [3.8, 4) is 0 Å². The van der Waals surface area contributed by atoms with Crippen LogP contribution in [-0.4, -0.2) is 6.21 Å². The van der Waals surface area contributed by atoms with Gasteiger partial charge in [-0.25, -0.2) is 0 Å². The fraction of sp³-hybridized carbons (Fsp3) is 0.909. The van der Waals surface area contributed by atoms with Crippen molar-refractivity contribution in [2.45, 2.75) is 64.7 Å². The molecule has 2 heteroatoms. The quantitative estimate of drug-likeness (QED) is 0.253. The first-order chi connectivity index (χ1) is 6.41. The predicted octanol–water partition coefficient (Wildman–Crippen LogP) is 3.46. The van der Waals surface area contributed by atoms with E-state index in [0.29, 0.717) is 0 Å². The van der Waals surface area contributed by atoms with Gasteiger partial charge in [0.05, 0.1) is 0 Å². The molecule has 0 bridgehead atoms. The van der Waals surface area contributed by atoms with Crippen molar-refractivity contribution in [3.05, 3.63) is 0 Å². The third-order valence-electron chi connectivity index (χ3n) is 2.29. The summed E-state index contributed by atoms with van der Waals surface area (Å²) in [6.07, 6.45) is 13.8. The monoisotopic (exact) mass is 184 g/mol. The molecule has 0 aromatic rings. The molecule has 0 saturated carbocycles. The summed E-state index contributed by atoms with van der Waals surface area (Å²) in [5, 5.41) is 3.47. The minimum atomic E-state index is 1.05. The predicted molar refractivity (Wildman–Crippen MR) is 59.9 cm³/mol. The van der Waals surface area contributed by atoms with Gasteiger partial charge >= 0.3 is 0 Å². The van der Waals surface area contributed by atoms with Crippen molar-refractivity contribution in [1.82, 2.24) is 0 Å². The van der Waals surface area contributed by atoms with E-state index in [2.05, 4.69) is 12.0 Å². The summed E-state index contributed by atoms with van der Waals surface area (Å²) in [7, 11) is 0. The number of hydrazone groups is 1. The van der Waals surface area contributed by atoms with E-state index in [4.69, 9.17) is 5.84 Å². The van der Waals surface area contributed by atoms with Gasteiger partial charge in [0, 0.05) is 6.21 Å². The van der Waals surface area contributed by atoms with E-state index in [1.54, 1.807) is 6.21 Å². The molecule has 0 aromatic heterocycles. The highest BCUT2D eigenvalue weighted by Crippen LogP contribution is 2.08. The molecule has 0 aliphatic rings. The maximum absolute atomic E-state index is 4.99. The standard InChI is InChI=1S/C11H24N2/c1-2-3-4-5-6-7-8-9-10-11-13-12/h11H,2-10,12H2,1H3/b13-11+. The zero-order valence-corrected chi connectivity index (χ0v) is 8.97. The largest absolute Gasteiger partial charge is 0.324 e. The molecular weight excluding hydrogens is 160 g/mol. The fourth-order valence-electron chi connectivity index (χ4n) is 1.44. The minimum absolute atomic E-state index is 1.05. The first kappa shape index (κ1) is 12.5. The van der Waals surface area contributed by atoms with Crippen LogP contribution in [0.25, 0.3) is 0 Å². The molecular formula is C11H24N2. The molecule has 0 saturated heterocycles. The second-order valence-corrected chi connectivity index (χ2v) is 3.60. The van der Waals surface area contributed by atoms with Crippen LogP contribution in [0.3, 0.4) is 0 Å². The van der Waals surface area contributed by atoms with Crippen LogP contribution in [0.5, 0.6) is 0 Å². The number of hydrogen-bond acceptors (Lipinski definition) is 2. The van der Waals surface area contributed by atoms with E-state index in [-0.39, 0.29) is 0 Å². The third kappa shape index (κ3) is 11.5. The van der Waals surface area contributed by atoms with E-state index < -0.39 is 0 Å². The summed E-state index contributed by atoms with van der Waals surface area (Å²) in [4.78, 5) is 0. The zero-order chi connectivity index (χ0) is 9.78. The molecule has 0 rings (SSSR count). The molecule has 0 fully saturated rings. The van der Waals surface area contributed by atoms with Gasteiger partial charge in [-0.2, -0.15) is 5.10 Å². The van der Waals surface area contributed by atoms with Crippen LogP contribution in [0.1, 0.15) is 64.7 Å². The molecule has 0 aliphatic heterocycles. The maximum atomic E-state index is 4.99. The molecule has 0 aliphatic carbocycles. The lowest BCUT2D eigenvalue weighted by Crippen LogP contribution is -1.84. The highest BCUT2D eigenvalue weighted by Gasteiger charge is 1.90. The zero-order valence-electron chi connectivity index (χ0n) is 8.97. The Bertz CT molecular complexity index is 111. The molecule has 2 N–H and O–H groups in total. The van der Waals surface area contributed by atoms with Crippen LogP contribution < -0.4 is 5.84 Å². The summed E-state index contributed by atoms with van der Waals surface area (Å²) in [6.45, 7) is 2.26. The average Bonchev–Trinajstić information content (AvgIpc) is 2.16. The van der Waals surface area contributed by atoms with Crippen LogP contribution in [-0.2, 0) is 0 Å². The second-order valence-electron chi connectivity index (χ2n) is 3.60. The van der Waals surface area contributed by atoms with Crippen molar-refractivity contribution >= 4 is 6.21 Å². The summed E-state index contributed by atoms with van der Waals surface area (Å²) >= 11 is 0. The lowest BCUT2D eigenvalue weighted by atomic mass is 10.1. The summed E-state index contributed by atoms with van der Waals surface area (Å²) in [6, 6.07) is 0. The van der Waals surface area contributed by atoms with E-state index in [0.717, 1.165) is 6.42 Å². The highest BCUT2D eigenvalue weighted by molar-refractivity contribution is 5.56. The van der Waals surface area contributed by atoms with Crippen LogP contribution in [0.15, 0.2) is 5.10 Å². The molecule has 0 atom stereocenters. The van der Waals surface area contributed by atoms with Crippen molar-refractivity contribution in [1.29, 1.82) is 0 Å². The highest BCUT2D eigenvalue weighted by atomic mass is 15.1. The number of hydrogen-bond donors (Lipinski definition) is 1. The normalized spacial score (nSPS) is 11.2. The summed E-state index contributed by atoms with van der Waals surface area (Å²) in [5.41, 5.74) is 0. The van der Waals surface area contributed by atoms with E-state index >= 15 is 0 Å². The average molecular weight is 184 g/mol. The summed E-state index contributed by atoms with van der Waals surface area (Å²) in [5.74, 6) is 4.99. The lowest BCUT2D eigenvalue weighted by molar-refractivity contribution is 0.580. The smallest absolute Gasteiger partial charge is 0.0240 e. The van der Waals surface area contributed by atoms with Crippen molar-refractivity contribution in [3.63, 3.8) is 0 Å². The first-order valence-corrected chi connectivity index (χ1v) is 5.63. The Hall–Kier alpha value is -0.530. The van der Waals surface area contributed by atoms with Crippen LogP contribution in [0.2, 0.25) is 0 Å². The topological polar surface area (TPSA) is 38.4 Å². The molecule has 2 nitrogen and oxygen atoms in total. The number of nitrogens with two attached hydrogens (primary N) is 1. The van der Waals surface area contributed by atoms with Crippen LogP contribution >= 0.6 is 0 Å². The van der Waals surface area contributed by atoms with E-state index in [1.807, 2.05) is 0 Å². The Balaban J connectivity index is 2.83. The van der Waals surface area contributed by atoms with Crippen LogP contribution in [0.4, 0.5) is 0 Å². The van der Waals surface area contributed by atoms with Gasteiger partial charge in [-0.3, -0.25) is 0 Å². The van der Waals surface area contributed by atoms with E-state index in [1.165, 1.54) is 51.4 Å². The van der Waals surface area contributed by atoms with Gasteiger partial charge in [0.2, 0.25) is 0 Å². The SMILES string of the molecule is CCCCCCCCCC/C=N/N. The van der Waals surface area contributed by atoms with Gasteiger partial charge in [-0.1, -0.05) is 51.9 Å². The van der Waals surface area contributed by atoms with Gasteiger partial charge in [-0.15, -0.1) is 0 Å². The number of unbranched alkanes of at least 4 members (excludes halogenated alkanes) is 8. The molecule has 0 amide bonds.